The molecule has 7 nitrogen and oxygen atoms in total. The molecule has 0 radical (unpaired) electrons. The van der Waals surface area contributed by atoms with E-state index in [9.17, 15) is 9.59 Å². The Morgan fingerprint density at radius 3 is 2.56 bits per heavy atom. The van der Waals surface area contributed by atoms with E-state index < -0.39 is 6.10 Å². The first-order chi connectivity index (χ1) is 8.56. The average molecular weight is 261 g/mol. The van der Waals surface area contributed by atoms with Gasteiger partial charge >= 0.3 is 0 Å². The van der Waals surface area contributed by atoms with Gasteiger partial charge in [-0.05, 0) is 6.42 Å². The molecule has 0 rings (SSSR count). The number of nitrogens with one attached hydrogen (secondary N) is 1. The third-order valence-electron chi connectivity index (χ3n) is 2.38. The van der Waals surface area contributed by atoms with E-state index in [1.165, 1.54) is 12.0 Å². The third-order valence-corrected chi connectivity index (χ3v) is 2.38. The number of hydrogen-bond acceptors (Lipinski definition) is 5. The van der Waals surface area contributed by atoms with Crippen LogP contribution in [0.25, 0.3) is 0 Å². The second kappa shape index (κ2) is 9.81. The highest BCUT2D eigenvalue weighted by molar-refractivity contribution is 5.86. The number of ether oxygens (including phenoxy) is 2. The largest absolute Gasteiger partial charge is 0.385 e. The highest BCUT2D eigenvalue weighted by Gasteiger charge is 2.21. The zero-order valence-corrected chi connectivity index (χ0v) is 11.3. The maximum Gasteiger partial charge on any atom is 0.253 e. The van der Waals surface area contributed by atoms with Crippen molar-refractivity contribution in [3.05, 3.63) is 0 Å². The molecule has 0 aliphatic carbocycles. The number of rotatable bonds is 9. The van der Waals surface area contributed by atoms with E-state index in [-0.39, 0.29) is 24.9 Å². The van der Waals surface area contributed by atoms with Crippen molar-refractivity contribution in [3.8, 4) is 0 Å². The van der Waals surface area contributed by atoms with Gasteiger partial charge in [-0.25, -0.2) is 0 Å². The lowest BCUT2D eigenvalue weighted by atomic mass is 10.3. The van der Waals surface area contributed by atoms with Crippen LogP contribution in [0.3, 0.4) is 0 Å². The van der Waals surface area contributed by atoms with Crippen LogP contribution in [0.15, 0.2) is 0 Å². The van der Waals surface area contributed by atoms with E-state index in [1.54, 1.807) is 14.2 Å². The minimum atomic E-state index is -0.698. The summed E-state index contributed by atoms with van der Waals surface area (Å²) in [6, 6.07) is 0. The minimum absolute atomic E-state index is 0.00826. The zero-order chi connectivity index (χ0) is 14.0. The van der Waals surface area contributed by atoms with Crippen molar-refractivity contribution in [1.82, 2.24) is 10.2 Å². The molecule has 0 aliphatic heterocycles. The van der Waals surface area contributed by atoms with E-state index in [1.807, 2.05) is 0 Å². The van der Waals surface area contributed by atoms with Crippen molar-refractivity contribution in [1.29, 1.82) is 0 Å². The second-order valence-electron chi connectivity index (χ2n) is 3.85. The Morgan fingerprint density at radius 1 is 1.39 bits per heavy atom. The summed E-state index contributed by atoms with van der Waals surface area (Å²) < 4.78 is 9.77. The van der Waals surface area contributed by atoms with Crippen molar-refractivity contribution < 1.29 is 19.1 Å². The number of amides is 2. The number of likely N-dealkylation sites (N-methyl/N-ethyl adjacent to an activating group) is 1. The van der Waals surface area contributed by atoms with E-state index in [2.05, 4.69) is 5.32 Å². The predicted molar refractivity (Wildman–Crippen MR) is 67.0 cm³/mol. The Hall–Kier alpha value is -1.18. The molecule has 1 atom stereocenters. The molecule has 0 saturated heterocycles. The fraction of sp³-hybridized carbons (Fsp3) is 0.818. The molecular weight excluding hydrogens is 238 g/mol. The van der Waals surface area contributed by atoms with Crippen LogP contribution in [0, 0.1) is 0 Å². The first-order valence-corrected chi connectivity index (χ1v) is 5.80. The van der Waals surface area contributed by atoms with Gasteiger partial charge in [-0.1, -0.05) is 0 Å². The summed E-state index contributed by atoms with van der Waals surface area (Å²) in [6.07, 6.45) is 0.0416. The zero-order valence-electron chi connectivity index (χ0n) is 11.3. The van der Waals surface area contributed by atoms with Gasteiger partial charge in [0, 0.05) is 41.0 Å². The van der Waals surface area contributed by atoms with E-state index in [0.717, 1.165) is 6.42 Å². The van der Waals surface area contributed by atoms with Gasteiger partial charge in [0.15, 0.2) is 0 Å². The molecule has 18 heavy (non-hydrogen) atoms. The fourth-order valence-electron chi connectivity index (χ4n) is 1.34. The van der Waals surface area contributed by atoms with Crippen LogP contribution in [0.1, 0.15) is 6.42 Å². The van der Waals surface area contributed by atoms with Crippen LogP contribution >= 0.6 is 0 Å². The molecule has 2 amide bonds. The lowest BCUT2D eigenvalue weighted by molar-refractivity contribution is -0.142. The lowest BCUT2D eigenvalue weighted by Gasteiger charge is -2.21. The van der Waals surface area contributed by atoms with Gasteiger partial charge in [-0.15, -0.1) is 0 Å². The molecule has 7 heteroatoms. The summed E-state index contributed by atoms with van der Waals surface area (Å²) in [4.78, 5) is 24.5. The lowest BCUT2D eigenvalue weighted by Crippen LogP contribution is -2.46. The molecular formula is C11H23N3O4. The normalized spacial score (nSPS) is 12.0. The van der Waals surface area contributed by atoms with Gasteiger partial charge in [0.1, 0.15) is 6.10 Å². The van der Waals surface area contributed by atoms with Gasteiger partial charge in [-0.3, -0.25) is 9.59 Å². The molecule has 0 saturated carbocycles. The van der Waals surface area contributed by atoms with Crippen molar-refractivity contribution in [2.75, 3.05) is 47.5 Å². The Bertz CT molecular complexity index is 257. The standard InChI is InChI=1S/C11H23N3O4/c1-14(11(16)9(7-12)18-3)8-10(15)13-5-4-6-17-2/h9H,4-8,12H2,1-3H3,(H,13,15). The van der Waals surface area contributed by atoms with Crippen molar-refractivity contribution in [2.24, 2.45) is 5.73 Å². The van der Waals surface area contributed by atoms with E-state index in [4.69, 9.17) is 15.2 Å². The molecule has 1 unspecified atom stereocenters. The van der Waals surface area contributed by atoms with Gasteiger partial charge in [0.25, 0.3) is 5.91 Å². The molecule has 0 aromatic heterocycles. The Labute approximate surface area is 108 Å². The van der Waals surface area contributed by atoms with Gasteiger partial charge in [0.2, 0.25) is 5.91 Å². The number of methoxy groups -OCH3 is 2. The number of nitrogens with two attached hydrogens (primary N) is 1. The number of hydrogen-bond donors (Lipinski definition) is 2. The molecule has 106 valence electrons. The smallest absolute Gasteiger partial charge is 0.253 e. The highest BCUT2D eigenvalue weighted by Crippen LogP contribution is 1.95. The average Bonchev–Trinajstić information content (AvgIpc) is 2.36. The molecule has 0 spiro atoms. The first-order valence-electron chi connectivity index (χ1n) is 5.80. The third kappa shape index (κ3) is 6.53. The maximum absolute atomic E-state index is 11.7. The monoisotopic (exact) mass is 261 g/mol. The molecule has 0 aromatic carbocycles. The SMILES string of the molecule is COCCCNC(=O)CN(C)C(=O)C(CN)OC. The topological polar surface area (TPSA) is 93.9 Å². The van der Waals surface area contributed by atoms with Crippen LogP contribution in [0.2, 0.25) is 0 Å². The molecule has 0 fully saturated rings. The second-order valence-corrected chi connectivity index (χ2v) is 3.85. The summed E-state index contributed by atoms with van der Waals surface area (Å²) in [5, 5.41) is 2.69. The molecule has 0 heterocycles. The van der Waals surface area contributed by atoms with Gasteiger partial charge in [-0.2, -0.15) is 0 Å². The van der Waals surface area contributed by atoms with Crippen LogP contribution in [0.5, 0.6) is 0 Å². The summed E-state index contributed by atoms with van der Waals surface area (Å²) >= 11 is 0. The van der Waals surface area contributed by atoms with Crippen molar-refractivity contribution >= 4 is 11.8 Å². The Morgan fingerprint density at radius 2 is 2.06 bits per heavy atom. The number of nitrogens with zero attached hydrogens (tertiary/aromatic N) is 1. The molecule has 0 aliphatic rings. The maximum atomic E-state index is 11.7. The van der Waals surface area contributed by atoms with Gasteiger partial charge < -0.3 is 25.4 Å². The summed E-state index contributed by atoms with van der Waals surface area (Å²) in [7, 11) is 4.55. The van der Waals surface area contributed by atoms with Crippen LogP contribution in [-0.4, -0.2) is 70.3 Å². The summed E-state index contributed by atoms with van der Waals surface area (Å²) in [5.74, 6) is -0.513. The van der Waals surface area contributed by atoms with E-state index >= 15 is 0 Å². The van der Waals surface area contributed by atoms with Crippen LogP contribution in [0.4, 0.5) is 0 Å². The summed E-state index contributed by atoms with van der Waals surface area (Å²) in [5.41, 5.74) is 5.38. The predicted octanol–water partition coefficient (Wildman–Crippen LogP) is -1.43. The van der Waals surface area contributed by atoms with Crippen LogP contribution in [-0.2, 0) is 19.1 Å². The Balaban J connectivity index is 3.95. The minimum Gasteiger partial charge on any atom is -0.385 e. The molecule has 0 bridgehead atoms. The first kappa shape index (κ1) is 16.8. The number of carbonyl (C=O) groups is 2. The van der Waals surface area contributed by atoms with E-state index in [0.29, 0.717) is 13.2 Å². The van der Waals surface area contributed by atoms with Crippen molar-refractivity contribution in [3.63, 3.8) is 0 Å². The van der Waals surface area contributed by atoms with Gasteiger partial charge in [0.05, 0.1) is 6.54 Å². The summed E-state index contributed by atoms with van der Waals surface area (Å²) in [6.45, 7) is 1.20. The fourth-order valence-corrected chi connectivity index (χ4v) is 1.34. The van der Waals surface area contributed by atoms with Crippen molar-refractivity contribution in [2.45, 2.75) is 12.5 Å². The highest BCUT2D eigenvalue weighted by atomic mass is 16.5. The molecule has 3 N–H and O–H groups in total. The Kier molecular flexibility index (Phi) is 9.17. The van der Waals surface area contributed by atoms with Crippen LogP contribution < -0.4 is 11.1 Å². The quantitative estimate of drug-likeness (QED) is 0.496. The number of carbonyl (C=O) groups excluding carboxylic acids is 2. The molecule has 0 aromatic rings.